The molecule has 0 spiro atoms. The van der Waals surface area contributed by atoms with Gasteiger partial charge in [-0.1, -0.05) is 5.16 Å². The number of nitrogens with one attached hydrogen (secondary N) is 2. The molecular weight excluding hydrogens is 361 g/mol. The average molecular weight is 377 g/mol. The molecule has 0 radical (unpaired) electrons. The van der Waals surface area contributed by atoms with Crippen molar-refractivity contribution in [3.63, 3.8) is 0 Å². The number of aryl methyl sites for hydroxylation is 1. The summed E-state index contributed by atoms with van der Waals surface area (Å²) in [7, 11) is 0. The van der Waals surface area contributed by atoms with E-state index in [4.69, 9.17) is 9.26 Å². The van der Waals surface area contributed by atoms with Crippen molar-refractivity contribution < 1.29 is 28.0 Å². The van der Waals surface area contributed by atoms with Gasteiger partial charge >= 0.3 is 12.1 Å². The summed E-state index contributed by atoms with van der Waals surface area (Å²) in [6.07, 6.45) is -1.31. The quantitative estimate of drug-likeness (QED) is 0.823. The Balaban J connectivity index is 1.66. The van der Waals surface area contributed by atoms with Gasteiger partial charge in [0.1, 0.15) is 11.9 Å². The molecule has 1 unspecified atom stereocenters. The van der Waals surface area contributed by atoms with Crippen molar-refractivity contribution in [1.29, 1.82) is 0 Å². The number of rotatable bonds is 4. The summed E-state index contributed by atoms with van der Waals surface area (Å²) in [5.74, 6) is -0.726. The number of halogens is 1. The Morgan fingerprint density at radius 2 is 2.19 bits per heavy atom. The largest absolute Gasteiger partial charge is 0.442 e. The summed E-state index contributed by atoms with van der Waals surface area (Å²) in [4.78, 5) is 39.4. The Bertz CT molecular complexity index is 899. The Morgan fingerprint density at radius 3 is 2.81 bits per heavy atom. The van der Waals surface area contributed by atoms with Gasteiger partial charge in [0.25, 0.3) is 5.89 Å². The molecule has 0 aliphatic carbocycles. The monoisotopic (exact) mass is 377 g/mol. The van der Waals surface area contributed by atoms with E-state index in [2.05, 4.69) is 15.5 Å². The van der Waals surface area contributed by atoms with Gasteiger partial charge in [0.05, 0.1) is 24.3 Å². The van der Waals surface area contributed by atoms with Crippen molar-refractivity contribution in [1.82, 2.24) is 20.8 Å². The molecule has 11 heteroatoms. The summed E-state index contributed by atoms with van der Waals surface area (Å²) >= 11 is 0. The van der Waals surface area contributed by atoms with E-state index < -0.39 is 30.0 Å². The highest BCUT2D eigenvalue weighted by molar-refractivity contribution is 5.93. The molecule has 1 aromatic carbocycles. The van der Waals surface area contributed by atoms with Crippen molar-refractivity contribution in [3.05, 3.63) is 29.8 Å². The zero-order chi connectivity index (χ0) is 19.6. The third-order valence-corrected chi connectivity index (χ3v) is 3.68. The maximum absolute atomic E-state index is 14.4. The third kappa shape index (κ3) is 4.19. The van der Waals surface area contributed by atoms with Crippen LogP contribution in [0.2, 0.25) is 0 Å². The fourth-order valence-corrected chi connectivity index (χ4v) is 2.50. The molecule has 1 aliphatic heterocycles. The van der Waals surface area contributed by atoms with Crippen LogP contribution in [0.1, 0.15) is 12.7 Å². The Kier molecular flexibility index (Phi) is 5.01. The maximum atomic E-state index is 14.4. The lowest BCUT2D eigenvalue weighted by molar-refractivity contribution is -0.117. The van der Waals surface area contributed by atoms with E-state index in [1.165, 1.54) is 24.0 Å². The number of carbonyl (C=O) groups is 3. The van der Waals surface area contributed by atoms with Crippen molar-refractivity contribution in [2.24, 2.45) is 0 Å². The van der Waals surface area contributed by atoms with Crippen LogP contribution in [0.15, 0.2) is 22.7 Å². The van der Waals surface area contributed by atoms with Crippen LogP contribution in [-0.2, 0) is 9.53 Å². The standard InChI is InChI=1S/C16H16FN5O5/c1-8-19-14(27-21-8)12-4-3-10(5-13(12)17)22-7-11(26-16(22)25)6-18-15(24)20-9(2)23/h3-5,11H,6-7H2,1-2H3,(H2,18,20,23,24). The predicted octanol–water partition coefficient (Wildman–Crippen LogP) is 1.36. The fraction of sp³-hybridized carbons (Fsp3) is 0.312. The number of hydrogen-bond donors (Lipinski definition) is 2. The Hall–Kier alpha value is -3.50. The first kappa shape index (κ1) is 18.3. The van der Waals surface area contributed by atoms with E-state index in [1.54, 1.807) is 6.92 Å². The number of imide groups is 1. The van der Waals surface area contributed by atoms with Crippen LogP contribution in [0.4, 0.5) is 19.7 Å². The molecule has 4 amide bonds. The lowest BCUT2D eigenvalue weighted by Gasteiger charge is -2.14. The van der Waals surface area contributed by atoms with Gasteiger partial charge < -0.3 is 14.6 Å². The van der Waals surface area contributed by atoms with Gasteiger partial charge in [-0.05, 0) is 25.1 Å². The Labute approximate surface area is 152 Å². The molecule has 1 fully saturated rings. The number of benzene rings is 1. The summed E-state index contributed by atoms with van der Waals surface area (Å²) in [5.41, 5.74) is 0.402. The molecule has 27 heavy (non-hydrogen) atoms. The molecule has 10 nitrogen and oxygen atoms in total. The highest BCUT2D eigenvalue weighted by Gasteiger charge is 2.33. The number of cyclic esters (lactones) is 1. The molecule has 1 aliphatic rings. The van der Waals surface area contributed by atoms with Gasteiger partial charge in [-0.3, -0.25) is 15.0 Å². The molecule has 142 valence electrons. The van der Waals surface area contributed by atoms with E-state index in [9.17, 15) is 18.8 Å². The third-order valence-electron chi connectivity index (χ3n) is 3.68. The second kappa shape index (κ2) is 7.40. The van der Waals surface area contributed by atoms with E-state index >= 15 is 0 Å². The summed E-state index contributed by atoms with van der Waals surface area (Å²) < 4.78 is 24.5. The van der Waals surface area contributed by atoms with Crippen LogP contribution in [0.25, 0.3) is 11.5 Å². The smallest absolute Gasteiger partial charge is 0.414 e. The fourth-order valence-electron chi connectivity index (χ4n) is 2.50. The first-order valence-corrected chi connectivity index (χ1v) is 7.97. The van der Waals surface area contributed by atoms with Crippen molar-refractivity contribution in [2.75, 3.05) is 18.0 Å². The van der Waals surface area contributed by atoms with Crippen LogP contribution in [-0.4, -0.2) is 47.4 Å². The van der Waals surface area contributed by atoms with Crippen molar-refractivity contribution in [3.8, 4) is 11.5 Å². The van der Waals surface area contributed by atoms with Gasteiger partial charge in [0.2, 0.25) is 5.91 Å². The minimum atomic E-state index is -0.692. The highest BCUT2D eigenvalue weighted by Crippen LogP contribution is 2.28. The lowest BCUT2D eigenvalue weighted by atomic mass is 10.1. The SMILES string of the molecule is CC(=O)NC(=O)NCC1CN(c2ccc(-c3nc(C)no3)c(F)c2)C(=O)O1. The molecule has 0 bridgehead atoms. The summed E-state index contributed by atoms with van der Waals surface area (Å²) in [6, 6.07) is 3.42. The molecule has 1 atom stereocenters. The second-order valence-corrected chi connectivity index (χ2v) is 5.82. The van der Waals surface area contributed by atoms with Crippen molar-refractivity contribution in [2.45, 2.75) is 20.0 Å². The van der Waals surface area contributed by atoms with E-state index in [0.29, 0.717) is 5.82 Å². The summed E-state index contributed by atoms with van der Waals surface area (Å²) in [6.45, 7) is 2.93. The van der Waals surface area contributed by atoms with Gasteiger partial charge in [-0.25, -0.2) is 14.0 Å². The highest BCUT2D eigenvalue weighted by atomic mass is 19.1. The second-order valence-electron chi connectivity index (χ2n) is 5.82. The number of urea groups is 1. The van der Waals surface area contributed by atoms with Crippen LogP contribution in [0.5, 0.6) is 0 Å². The number of carbonyl (C=O) groups excluding carboxylic acids is 3. The zero-order valence-corrected chi connectivity index (χ0v) is 14.5. The predicted molar refractivity (Wildman–Crippen MR) is 89.3 cm³/mol. The van der Waals surface area contributed by atoms with Crippen LogP contribution in [0.3, 0.4) is 0 Å². The number of nitrogens with zero attached hydrogens (tertiary/aromatic N) is 3. The number of amides is 4. The van der Waals surface area contributed by atoms with Crippen molar-refractivity contribution >= 4 is 23.7 Å². The number of anilines is 1. The van der Waals surface area contributed by atoms with Gasteiger partial charge in [-0.2, -0.15) is 4.98 Å². The van der Waals surface area contributed by atoms with E-state index in [0.717, 1.165) is 6.07 Å². The molecule has 0 saturated carbocycles. The summed E-state index contributed by atoms with van der Waals surface area (Å²) in [5, 5.41) is 8.07. The first-order valence-electron chi connectivity index (χ1n) is 7.97. The minimum Gasteiger partial charge on any atom is -0.442 e. The number of hydrogen-bond acceptors (Lipinski definition) is 7. The lowest BCUT2D eigenvalue weighted by Crippen LogP contribution is -2.42. The molecule has 3 rings (SSSR count). The topological polar surface area (TPSA) is 127 Å². The van der Waals surface area contributed by atoms with Gasteiger partial charge in [0, 0.05) is 6.92 Å². The minimum absolute atomic E-state index is 0.00316. The molecule has 2 N–H and O–H groups in total. The number of aromatic nitrogens is 2. The average Bonchev–Trinajstić information content (AvgIpc) is 3.18. The first-order chi connectivity index (χ1) is 12.8. The van der Waals surface area contributed by atoms with Gasteiger partial charge in [0.15, 0.2) is 5.82 Å². The molecule has 2 aromatic rings. The molecule has 2 heterocycles. The normalized spacial score (nSPS) is 16.2. The van der Waals surface area contributed by atoms with Crippen LogP contribution >= 0.6 is 0 Å². The number of ether oxygens (including phenoxy) is 1. The molecular formula is C16H16FN5O5. The molecule has 1 aromatic heterocycles. The molecule has 1 saturated heterocycles. The Morgan fingerprint density at radius 1 is 1.41 bits per heavy atom. The van der Waals surface area contributed by atoms with E-state index in [-0.39, 0.29) is 30.2 Å². The van der Waals surface area contributed by atoms with E-state index in [1.807, 2.05) is 5.32 Å². The maximum Gasteiger partial charge on any atom is 0.414 e. The van der Waals surface area contributed by atoms with Gasteiger partial charge in [-0.15, -0.1) is 0 Å². The zero-order valence-electron chi connectivity index (χ0n) is 14.5. The van der Waals surface area contributed by atoms with Crippen LogP contribution in [0, 0.1) is 12.7 Å². The van der Waals surface area contributed by atoms with Crippen LogP contribution < -0.4 is 15.5 Å².